The van der Waals surface area contributed by atoms with E-state index < -0.39 is 5.41 Å². The normalized spacial score (nSPS) is 11.0. The first kappa shape index (κ1) is 18.7. The minimum atomic E-state index is -1.08. The number of rotatable bonds is 8. The molecule has 0 unspecified atom stereocenters. The van der Waals surface area contributed by atoms with Crippen LogP contribution in [0.5, 0.6) is 11.5 Å². The molecule has 4 nitrogen and oxygen atoms in total. The summed E-state index contributed by atoms with van der Waals surface area (Å²) in [7, 11) is 3.06. The third-order valence-electron chi connectivity index (χ3n) is 4.76. The topological polar surface area (TPSA) is 52.6 Å². The highest BCUT2D eigenvalue weighted by Gasteiger charge is 2.43. The van der Waals surface area contributed by atoms with Gasteiger partial charge in [0.25, 0.3) is 0 Å². The van der Waals surface area contributed by atoms with E-state index in [1.54, 1.807) is 37.4 Å². The zero-order chi connectivity index (χ0) is 18.4. The maximum atomic E-state index is 13.3. The Morgan fingerprint density at radius 1 is 0.800 bits per heavy atom. The first-order valence-electron chi connectivity index (χ1n) is 8.40. The highest BCUT2D eigenvalue weighted by atomic mass is 16.5. The first-order chi connectivity index (χ1) is 12.0. The molecular weight excluding hydrogens is 316 g/mol. The van der Waals surface area contributed by atoms with E-state index in [4.69, 9.17) is 9.47 Å². The lowest BCUT2D eigenvalue weighted by Crippen LogP contribution is -2.38. The van der Waals surface area contributed by atoms with Crippen molar-refractivity contribution in [1.82, 2.24) is 0 Å². The van der Waals surface area contributed by atoms with Gasteiger partial charge in [0.15, 0.2) is 23.1 Å². The highest BCUT2D eigenvalue weighted by Crippen LogP contribution is 2.37. The Kier molecular flexibility index (Phi) is 5.97. The Hall–Kier alpha value is -2.62. The van der Waals surface area contributed by atoms with Gasteiger partial charge in [0, 0.05) is 11.1 Å². The standard InChI is InChI=1S/C21H24O4/c1-5-21(6-2,19(22)15-10-8-7-9-11-15)20(23)16-12-13-17(24-3)18(14-16)25-4/h7-14H,5-6H2,1-4H3. The Morgan fingerprint density at radius 3 is 1.88 bits per heavy atom. The van der Waals surface area contributed by atoms with Crippen molar-refractivity contribution < 1.29 is 19.1 Å². The number of carbonyl (C=O) groups is 2. The molecule has 0 aromatic heterocycles. The van der Waals surface area contributed by atoms with E-state index in [9.17, 15) is 9.59 Å². The Morgan fingerprint density at radius 2 is 1.36 bits per heavy atom. The van der Waals surface area contributed by atoms with Crippen molar-refractivity contribution in [3.8, 4) is 11.5 Å². The predicted octanol–water partition coefficient (Wildman–Crippen LogP) is 4.58. The molecule has 0 amide bonds. The summed E-state index contributed by atoms with van der Waals surface area (Å²) in [6.45, 7) is 3.76. The molecule has 0 heterocycles. The van der Waals surface area contributed by atoms with E-state index in [1.807, 2.05) is 32.0 Å². The van der Waals surface area contributed by atoms with Gasteiger partial charge in [0.1, 0.15) is 0 Å². The zero-order valence-corrected chi connectivity index (χ0v) is 15.2. The van der Waals surface area contributed by atoms with E-state index in [0.29, 0.717) is 35.5 Å². The van der Waals surface area contributed by atoms with E-state index in [1.165, 1.54) is 7.11 Å². The van der Waals surface area contributed by atoms with Gasteiger partial charge in [-0.2, -0.15) is 0 Å². The maximum absolute atomic E-state index is 13.3. The van der Waals surface area contributed by atoms with Crippen LogP contribution in [0.15, 0.2) is 48.5 Å². The van der Waals surface area contributed by atoms with Gasteiger partial charge in [-0.25, -0.2) is 0 Å². The molecule has 2 aromatic rings. The maximum Gasteiger partial charge on any atom is 0.176 e. The fraction of sp³-hybridized carbons (Fsp3) is 0.333. The van der Waals surface area contributed by atoms with Crippen LogP contribution in [0.3, 0.4) is 0 Å². The third-order valence-corrected chi connectivity index (χ3v) is 4.76. The van der Waals surface area contributed by atoms with E-state index in [2.05, 4.69) is 0 Å². The van der Waals surface area contributed by atoms with Gasteiger partial charge >= 0.3 is 0 Å². The van der Waals surface area contributed by atoms with Gasteiger partial charge in [-0.1, -0.05) is 44.2 Å². The highest BCUT2D eigenvalue weighted by molar-refractivity contribution is 6.19. The third kappa shape index (κ3) is 3.43. The molecule has 0 aliphatic heterocycles. The van der Waals surface area contributed by atoms with Gasteiger partial charge in [0.05, 0.1) is 19.6 Å². The SMILES string of the molecule is CCC(CC)(C(=O)c1ccccc1)C(=O)c1ccc(OC)c(OC)c1. The van der Waals surface area contributed by atoms with E-state index in [-0.39, 0.29) is 11.6 Å². The largest absolute Gasteiger partial charge is 0.493 e. The van der Waals surface area contributed by atoms with Crippen molar-refractivity contribution >= 4 is 11.6 Å². The van der Waals surface area contributed by atoms with Crippen molar-refractivity contribution in [2.24, 2.45) is 5.41 Å². The summed E-state index contributed by atoms with van der Waals surface area (Å²) >= 11 is 0. The number of ether oxygens (including phenoxy) is 2. The Labute approximate surface area is 148 Å². The van der Waals surface area contributed by atoms with E-state index in [0.717, 1.165) is 0 Å². The summed E-state index contributed by atoms with van der Waals surface area (Å²) in [4.78, 5) is 26.4. The first-order valence-corrected chi connectivity index (χ1v) is 8.40. The van der Waals surface area contributed by atoms with Crippen LogP contribution in [0.25, 0.3) is 0 Å². The number of methoxy groups -OCH3 is 2. The molecule has 0 spiro atoms. The number of ketones is 2. The van der Waals surface area contributed by atoms with E-state index >= 15 is 0 Å². The fourth-order valence-corrected chi connectivity index (χ4v) is 3.11. The van der Waals surface area contributed by atoms with Gasteiger partial charge in [-0.3, -0.25) is 9.59 Å². The van der Waals surface area contributed by atoms with Crippen molar-refractivity contribution in [3.05, 3.63) is 59.7 Å². The quantitative estimate of drug-likeness (QED) is 0.521. The van der Waals surface area contributed by atoms with Gasteiger partial charge in [-0.15, -0.1) is 0 Å². The molecule has 2 aromatic carbocycles. The summed E-state index contributed by atoms with van der Waals surface area (Å²) in [5.41, 5.74) is -0.0771. The van der Waals surface area contributed by atoms with Crippen LogP contribution in [-0.2, 0) is 0 Å². The molecule has 0 radical (unpaired) electrons. The van der Waals surface area contributed by atoms with Crippen LogP contribution in [0.1, 0.15) is 47.4 Å². The van der Waals surface area contributed by atoms with Crippen LogP contribution < -0.4 is 9.47 Å². The van der Waals surface area contributed by atoms with Crippen molar-refractivity contribution in [1.29, 1.82) is 0 Å². The second kappa shape index (κ2) is 7.97. The van der Waals surface area contributed by atoms with Crippen LogP contribution in [0.4, 0.5) is 0 Å². The summed E-state index contributed by atoms with van der Waals surface area (Å²) in [5.74, 6) is 0.693. The van der Waals surface area contributed by atoms with Gasteiger partial charge < -0.3 is 9.47 Å². The molecule has 0 saturated heterocycles. The molecule has 25 heavy (non-hydrogen) atoms. The second-order valence-electron chi connectivity index (χ2n) is 5.88. The van der Waals surface area contributed by atoms with Crippen molar-refractivity contribution in [3.63, 3.8) is 0 Å². The van der Waals surface area contributed by atoms with Crippen LogP contribution in [0.2, 0.25) is 0 Å². The number of hydrogen-bond donors (Lipinski definition) is 0. The summed E-state index contributed by atoms with van der Waals surface area (Å²) in [5, 5.41) is 0. The number of benzene rings is 2. The molecule has 0 bridgehead atoms. The minimum Gasteiger partial charge on any atom is -0.493 e. The molecule has 0 aliphatic carbocycles. The van der Waals surface area contributed by atoms with Crippen LogP contribution in [0, 0.1) is 5.41 Å². The molecule has 132 valence electrons. The van der Waals surface area contributed by atoms with Crippen LogP contribution in [-0.4, -0.2) is 25.8 Å². The van der Waals surface area contributed by atoms with Crippen molar-refractivity contribution in [2.75, 3.05) is 14.2 Å². The number of hydrogen-bond acceptors (Lipinski definition) is 4. The predicted molar refractivity (Wildman–Crippen MR) is 97.7 cm³/mol. The second-order valence-corrected chi connectivity index (χ2v) is 5.88. The fourth-order valence-electron chi connectivity index (χ4n) is 3.11. The summed E-state index contributed by atoms with van der Waals surface area (Å²) in [6, 6.07) is 14.0. The monoisotopic (exact) mass is 340 g/mol. The minimum absolute atomic E-state index is 0.141. The molecular formula is C21H24O4. The molecule has 0 atom stereocenters. The average Bonchev–Trinajstić information content (AvgIpc) is 2.69. The zero-order valence-electron chi connectivity index (χ0n) is 15.2. The number of carbonyl (C=O) groups excluding carboxylic acids is 2. The molecule has 0 N–H and O–H groups in total. The van der Waals surface area contributed by atoms with Gasteiger partial charge in [-0.05, 0) is 31.0 Å². The van der Waals surface area contributed by atoms with Crippen molar-refractivity contribution in [2.45, 2.75) is 26.7 Å². The lowest BCUT2D eigenvalue weighted by Gasteiger charge is -2.29. The molecule has 2 rings (SSSR count). The molecule has 0 saturated carbocycles. The molecule has 0 fully saturated rings. The van der Waals surface area contributed by atoms with Gasteiger partial charge in [0.2, 0.25) is 0 Å². The lowest BCUT2D eigenvalue weighted by atomic mass is 9.70. The summed E-state index contributed by atoms with van der Waals surface area (Å²) in [6.07, 6.45) is 0.870. The molecule has 0 aliphatic rings. The number of Topliss-reactive ketones (excluding diaryl/α,β-unsaturated/α-hetero) is 2. The average molecular weight is 340 g/mol. The van der Waals surface area contributed by atoms with Crippen LogP contribution >= 0.6 is 0 Å². The Balaban J connectivity index is 2.49. The Bertz CT molecular complexity index is 746. The molecule has 4 heteroatoms. The summed E-state index contributed by atoms with van der Waals surface area (Å²) < 4.78 is 10.5. The lowest BCUT2D eigenvalue weighted by molar-refractivity contribution is 0.0646. The smallest absolute Gasteiger partial charge is 0.176 e.